The summed E-state index contributed by atoms with van der Waals surface area (Å²) in [5.74, 6) is -0.175. The number of fused-ring (bicyclic) bond motifs is 1. The number of hydrogen-bond donors (Lipinski definition) is 2. The van der Waals surface area contributed by atoms with Crippen LogP contribution >= 0.6 is 0 Å². The van der Waals surface area contributed by atoms with Crippen LogP contribution < -0.4 is 4.74 Å². The molecule has 0 aliphatic rings. The number of benzene rings is 1. The average molecular weight is 284 g/mol. The van der Waals surface area contributed by atoms with E-state index in [2.05, 4.69) is 4.98 Å². The van der Waals surface area contributed by atoms with Crippen molar-refractivity contribution in [3.63, 3.8) is 0 Å². The quantitative estimate of drug-likeness (QED) is 0.768. The van der Waals surface area contributed by atoms with Gasteiger partial charge in [0.05, 0.1) is 17.5 Å². The predicted octanol–water partition coefficient (Wildman–Crippen LogP) is 2.32. The number of aromatic hydroxyl groups is 1. The molecule has 0 radical (unpaired) electrons. The number of phenols is 1. The van der Waals surface area contributed by atoms with E-state index in [-0.39, 0.29) is 11.3 Å². The number of phenolic OH excluding ortho intramolecular Hbond substituents is 1. The number of pyridine rings is 1. The van der Waals surface area contributed by atoms with Gasteiger partial charge in [-0.1, -0.05) is 0 Å². The smallest absolute Gasteiger partial charge is 0.335 e. The molecule has 0 saturated carbocycles. The normalized spacial score (nSPS) is 10.7. The van der Waals surface area contributed by atoms with Crippen molar-refractivity contribution in [1.82, 2.24) is 9.38 Å². The van der Waals surface area contributed by atoms with Gasteiger partial charge in [-0.2, -0.15) is 0 Å². The van der Waals surface area contributed by atoms with Gasteiger partial charge in [0.25, 0.3) is 0 Å². The lowest BCUT2D eigenvalue weighted by molar-refractivity contribution is 0.0697. The van der Waals surface area contributed by atoms with Gasteiger partial charge in [-0.05, 0) is 36.4 Å². The molecule has 0 bridgehead atoms. The van der Waals surface area contributed by atoms with Crippen LogP contribution in [0.15, 0.2) is 48.8 Å². The zero-order valence-electron chi connectivity index (χ0n) is 10.9. The van der Waals surface area contributed by atoms with E-state index in [4.69, 9.17) is 9.84 Å². The van der Waals surface area contributed by atoms with E-state index in [9.17, 15) is 9.90 Å². The molecule has 0 spiro atoms. The van der Waals surface area contributed by atoms with Crippen molar-refractivity contribution in [2.75, 3.05) is 0 Å². The Labute approximate surface area is 119 Å². The maximum atomic E-state index is 10.9. The molecule has 0 amide bonds. The first-order valence-electron chi connectivity index (χ1n) is 6.24. The van der Waals surface area contributed by atoms with Crippen molar-refractivity contribution >= 4 is 11.6 Å². The third-order valence-corrected chi connectivity index (χ3v) is 3.06. The molecule has 6 heteroatoms. The van der Waals surface area contributed by atoms with Crippen LogP contribution in [0.1, 0.15) is 16.1 Å². The van der Waals surface area contributed by atoms with Gasteiger partial charge in [0, 0.05) is 6.20 Å². The minimum Gasteiger partial charge on any atom is -0.508 e. The van der Waals surface area contributed by atoms with Crippen LogP contribution in [-0.4, -0.2) is 25.6 Å². The zero-order chi connectivity index (χ0) is 14.8. The Kier molecular flexibility index (Phi) is 3.19. The number of carboxylic acid groups (broad SMARTS) is 1. The molecule has 106 valence electrons. The summed E-state index contributed by atoms with van der Waals surface area (Å²) in [6.45, 7) is 0.290. The molecular formula is C15H12N2O4. The molecule has 3 aromatic rings. The van der Waals surface area contributed by atoms with E-state index in [0.717, 1.165) is 5.69 Å². The Balaban J connectivity index is 1.81. The first-order chi connectivity index (χ1) is 10.1. The molecule has 0 atom stereocenters. The Morgan fingerprint density at radius 2 is 2.00 bits per heavy atom. The topological polar surface area (TPSA) is 84.1 Å². The van der Waals surface area contributed by atoms with Crippen molar-refractivity contribution in [3.05, 3.63) is 60.0 Å². The van der Waals surface area contributed by atoms with Crippen LogP contribution in [0.4, 0.5) is 0 Å². The van der Waals surface area contributed by atoms with Gasteiger partial charge in [-0.15, -0.1) is 0 Å². The highest BCUT2D eigenvalue weighted by Crippen LogP contribution is 2.18. The molecule has 0 unspecified atom stereocenters. The highest BCUT2D eigenvalue weighted by Gasteiger charge is 2.08. The van der Waals surface area contributed by atoms with Gasteiger partial charge in [0.2, 0.25) is 0 Å². The second kappa shape index (κ2) is 5.16. The summed E-state index contributed by atoms with van der Waals surface area (Å²) in [5.41, 5.74) is 1.55. The summed E-state index contributed by atoms with van der Waals surface area (Å²) in [6, 6.07) is 9.45. The van der Waals surface area contributed by atoms with Crippen LogP contribution in [0.5, 0.6) is 11.5 Å². The van der Waals surface area contributed by atoms with E-state index in [0.29, 0.717) is 18.0 Å². The molecule has 0 aliphatic heterocycles. The zero-order valence-corrected chi connectivity index (χ0v) is 10.9. The maximum absolute atomic E-state index is 10.9. The van der Waals surface area contributed by atoms with Crippen molar-refractivity contribution < 1.29 is 19.7 Å². The number of rotatable bonds is 4. The number of carbonyl (C=O) groups is 1. The number of aromatic nitrogens is 2. The molecule has 2 aromatic heterocycles. The van der Waals surface area contributed by atoms with Crippen molar-refractivity contribution in [1.29, 1.82) is 0 Å². The third kappa shape index (κ3) is 2.64. The minimum absolute atomic E-state index is 0.179. The number of aromatic carboxylic acids is 1. The first kappa shape index (κ1) is 13.0. The van der Waals surface area contributed by atoms with Gasteiger partial charge < -0.3 is 19.4 Å². The summed E-state index contributed by atoms with van der Waals surface area (Å²) in [6.07, 6.45) is 3.29. The van der Waals surface area contributed by atoms with Crippen LogP contribution in [0.2, 0.25) is 0 Å². The highest BCUT2D eigenvalue weighted by atomic mass is 16.5. The number of ether oxygens (including phenoxy) is 1. The SMILES string of the molecule is O=C(O)c1ccn2c(COc3ccc(O)cc3)cnc2c1. The largest absolute Gasteiger partial charge is 0.508 e. The van der Waals surface area contributed by atoms with E-state index in [1.807, 2.05) is 0 Å². The Hall–Kier alpha value is -3.02. The van der Waals surface area contributed by atoms with E-state index < -0.39 is 5.97 Å². The third-order valence-electron chi connectivity index (χ3n) is 3.06. The van der Waals surface area contributed by atoms with E-state index >= 15 is 0 Å². The van der Waals surface area contributed by atoms with Gasteiger partial charge in [0.1, 0.15) is 23.8 Å². The van der Waals surface area contributed by atoms with Crippen LogP contribution in [0.25, 0.3) is 5.65 Å². The fourth-order valence-corrected chi connectivity index (χ4v) is 1.97. The van der Waals surface area contributed by atoms with Gasteiger partial charge in [0.15, 0.2) is 0 Å². The van der Waals surface area contributed by atoms with Crippen LogP contribution in [0.3, 0.4) is 0 Å². The second-order valence-electron chi connectivity index (χ2n) is 4.48. The summed E-state index contributed by atoms with van der Waals surface area (Å²) >= 11 is 0. The van der Waals surface area contributed by atoms with E-state index in [1.165, 1.54) is 12.1 Å². The number of hydrogen-bond acceptors (Lipinski definition) is 4. The molecule has 2 heterocycles. The summed E-state index contributed by atoms with van der Waals surface area (Å²) in [7, 11) is 0. The predicted molar refractivity (Wildman–Crippen MR) is 74.6 cm³/mol. The lowest BCUT2D eigenvalue weighted by Crippen LogP contribution is -2.01. The Morgan fingerprint density at radius 3 is 2.71 bits per heavy atom. The van der Waals surface area contributed by atoms with Crippen molar-refractivity contribution in [2.45, 2.75) is 6.61 Å². The van der Waals surface area contributed by atoms with Crippen molar-refractivity contribution in [3.8, 4) is 11.5 Å². The molecular weight excluding hydrogens is 272 g/mol. The van der Waals surface area contributed by atoms with Crippen LogP contribution in [-0.2, 0) is 6.61 Å². The standard InChI is InChI=1S/C15H12N2O4/c18-12-1-3-13(4-2-12)21-9-11-8-16-14-7-10(15(19)20)5-6-17(11)14/h1-8,18H,9H2,(H,19,20). The monoisotopic (exact) mass is 284 g/mol. The molecule has 2 N–H and O–H groups in total. The van der Waals surface area contributed by atoms with Crippen molar-refractivity contribution in [2.24, 2.45) is 0 Å². The van der Waals surface area contributed by atoms with E-state index in [1.54, 1.807) is 41.1 Å². The second-order valence-corrected chi connectivity index (χ2v) is 4.48. The van der Waals surface area contributed by atoms with Gasteiger partial charge in [-0.25, -0.2) is 9.78 Å². The molecule has 6 nitrogen and oxygen atoms in total. The molecule has 0 fully saturated rings. The minimum atomic E-state index is -0.984. The maximum Gasteiger partial charge on any atom is 0.335 e. The number of nitrogens with zero attached hydrogens (tertiary/aromatic N) is 2. The number of carboxylic acids is 1. The Bertz CT molecular complexity index is 793. The number of imidazole rings is 1. The average Bonchev–Trinajstić information content (AvgIpc) is 2.89. The summed E-state index contributed by atoms with van der Waals surface area (Å²) < 4.78 is 7.37. The fourth-order valence-electron chi connectivity index (χ4n) is 1.97. The molecule has 0 saturated heterocycles. The Morgan fingerprint density at radius 1 is 1.24 bits per heavy atom. The molecule has 0 aliphatic carbocycles. The molecule has 3 rings (SSSR count). The highest BCUT2D eigenvalue weighted by molar-refractivity contribution is 5.88. The lowest BCUT2D eigenvalue weighted by atomic mass is 10.3. The van der Waals surface area contributed by atoms with Crippen LogP contribution in [0, 0.1) is 0 Å². The summed E-state index contributed by atoms with van der Waals surface area (Å²) in [5, 5.41) is 18.1. The molecule has 1 aromatic carbocycles. The summed E-state index contributed by atoms with van der Waals surface area (Å²) in [4.78, 5) is 15.1. The lowest BCUT2D eigenvalue weighted by Gasteiger charge is -2.06. The molecule has 21 heavy (non-hydrogen) atoms. The van der Waals surface area contributed by atoms with Gasteiger partial charge in [-0.3, -0.25) is 0 Å². The fraction of sp³-hybridized carbons (Fsp3) is 0.0667. The first-order valence-corrected chi connectivity index (χ1v) is 6.24. The van der Waals surface area contributed by atoms with Gasteiger partial charge >= 0.3 is 5.97 Å².